The molecule has 1 unspecified atom stereocenters. The van der Waals surface area contributed by atoms with Gasteiger partial charge in [-0.15, -0.1) is 0 Å². The number of amides is 2. The van der Waals surface area contributed by atoms with E-state index in [1.165, 1.54) is 17.0 Å². The second kappa shape index (κ2) is 8.18. The van der Waals surface area contributed by atoms with E-state index in [4.69, 9.17) is 10.5 Å². The van der Waals surface area contributed by atoms with E-state index in [-0.39, 0.29) is 17.6 Å². The van der Waals surface area contributed by atoms with E-state index in [2.05, 4.69) is 10.1 Å². The van der Waals surface area contributed by atoms with Crippen molar-refractivity contribution < 1.29 is 27.8 Å². The number of rotatable bonds is 5. The topological polar surface area (TPSA) is 93.9 Å². The molecule has 1 atom stereocenters. The van der Waals surface area contributed by atoms with Gasteiger partial charge in [0.2, 0.25) is 11.8 Å². The minimum atomic E-state index is -2.90. The molecule has 0 bridgehead atoms. The predicted octanol–water partition coefficient (Wildman–Crippen LogP) is 1.41. The molecule has 0 spiro atoms. The quantitative estimate of drug-likeness (QED) is 0.802. The van der Waals surface area contributed by atoms with Crippen LogP contribution in [0.25, 0.3) is 0 Å². The van der Waals surface area contributed by atoms with Gasteiger partial charge in [0.25, 0.3) is 0 Å². The van der Waals surface area contributed by atoms with Crippen LogP contribution in [0.15, 0.2) is 24.3 Å². The van der Waals surface area contributed by atoms with Crippen LogP contribution in [0.1, 0.15) is 25.7 Å². The standard InChI is InChI=1S/C18H23F2N3O4/c19-17(20)27-13-5-3-12(4-6-13)23-9-1-2-14(15(23)24)22-16(25)18(21)7-10-26-11-8-18/h3-6,14,17H,1-2,7-11,21H2,(H,22,25). The second-order valence-electron chi connectivity index (χ2n) is 6.80. The van der Waals surface area contributed by atoms with Crippen molar-refractivity contribution in [2.45, 2.75) is 43.9 Å². The van der Waals surface area contributed by atoms with Gasteiger partial charge >= 0.3 is 6.61 Å². The largest absolute Gasteiger partial charge is 0.435 e. The molecule has 2 heterocycles. The molecule has 3 rings (SSSR count). The van der Waals surface area contributed by atoms with E-state index in [0.717, 1.165) is 0 Å². The number of hydrogen-bond donors (Lipinski definition) is 2. The molecule has 2 aliphatic heterocycles. The first kappa shape index (κ1) is 19.5. The number of piperidine rings is 1. The Morgan fingerprint density at radius 1 is 1.30 bits per heavy atom. The smallest absolute Gasteiger partial charge is 0.387 e. The van der Waals surface area contributed by atoms with Crippen LogP contribution < -0.4 is 20.7 Å². The zero-order valence-corrected chi connectivity index (χ0v) is 14.8. The summed E-state index contributed by atoms with van der Waals surface area (Å²) in [7, 11) is 0. The lowest BCUT2D eigenvalue weighted by Crippen LogP contribution is -2.62. The summed E-state index contributed by atoms with van der Waals surface area (Å²) in [6.45, 7) is -1.58. The van der Waals surface area contributed by atoms with Crippen molar-refractivity contribution in [2.24, 2.45) is 5.73 Å². The van der Waals surface area contributed by atoms with Gasteiger partial charge in [0, 0.05) is 25.4 Å². The molecule has 2 aliphatic rings. The number of ether oxygens (including phenoxy) is 2. The van der Waals surface area contributed by atoms with Gasteiger partial charge < -0.3 is 25.4 Å². The first-order chi connectivity index (χ1) is 12.9. The fourth-order valence-corrected chi connectivity index (χ4v) is 3.34. The lowest BCUT2D eigenvalue weighted by Gasteiger charge is -2.36. The molecule has 0 aromatic heterocycles. The fraction of sp³-hybridized carbons (Fsp3) is 0.556. The van der Waals surface area contributed by atoms with Crippen molar-refractivity contribution in [2.75, 3.05) is 24.7 Å². The predicted molar refractivity (Wildman–Crippen MR) is 93.6 cm³/mol. The highest BCUT2D eigenvalue weighted by Crippen LogP contribution is 2.25. The molecule has 0 aliphatic carbocycles. The van der Waals surface area contributed by atoms with Crippen LogP contribution in [-0.4, -0.2) is 49.8 Å². The number of nitrogens with one attached hydrogen (secondary N) is 1. The lowest BCUT2D eigenvalue weighted by atomic mass is 9.89. The number of carbonyl (C=O) groups is 2. The van der Waals surface area contributed by atoms with Gasteiger partial charge in [0.1, 0.15) is 11.8 Å². The molecule has 2 amide bonds. The number of carbonyl (C=O) groups excluding carboxylic acids is 2. The molecule has 3 N–H and O–H groups in total. The average molecular weight is 383 g/mol. The van der Waals surface area contributed by atoms with Crippen molar-refractivity contribution >= 4 is 17.5 Å². The number of alkyl halides is 2. The van der Waals surface area contributed by atoms with Gasteiger partial charge in [-0.3, -0.25) is 9.59 Å². The molecular weight excluding hydrogens is 360 g/mol. The van der Waals surface area contributed by atoms with Gasteiger partial charge in [0.05, 0.1) is 5.54 Å². The minimum absolute atomic E-state index is 0.0210. The number of nitrogens with two attached hydrogens (primary N) is 1. The third kappa shape index (κ3) is 4.54. The molecule has 2 saturated heterocycles. The Kier molecular flexibility index (Phi) is 5.91. The summed E-state index contributed by atoms with van der Waals surface area (Å²) in [4.78, 5) is 26.9. The van der Waals surface area contributed by atoms with Crippen LogP contribution in [-0.2, 0) is 14.3 Å². The van der Waals surface area contributed by atoms with Crippen LogP contribution in [0.3, 0.4) is 0 Å². The molecule has 1 aromatic carbocycles. The molecule has 7 nitrogen and oxygen atoms in total. The lowest BCUT2D eigenvalue weighted by molar-refractivity contribution is -0.134. The number of anilines is 1. The van der Waals surface area contributed by atoms with Crippen molar-refractivity contribution in [3.8, 4) is 5.75 Å². The Morgan fingerprint density at radius 3 is 2.59 bits per heavy atom. The summed E-state index contributed by atoms with van der Waals surface area (Å²) in [5.74, 6) is -0.563. The Labute approximate surface area is 155 Å². The summed E-state index contributed by atoms with van der Waals surface area (Å²) in [5, 5.41) is 2.78. The molecule has 2 fully saturated rings. The van der Waals surface area contributed by atoms with Gasteiger partial charge in [-0.25, -0.2) is 0 Å². The normalized spacial score (nSPS) is 22.6. The SMILES string of the molecule is NC1(C(=O)NC2CCCN(c3ccc(OC(F)F)cc3)C2=O)CCOCC1. The summed E-state index contributed by atoms with van der Waals surface area (Å²) in [6.07, 6.45) is 2.05. The van der Waals surface area contributed by atoms with Crippen LogP contribution >= 0.6 is 0 Å². The van der Waals surface area contributed by atoms with Gasteiger partial charge in [0.15, 0.2) is 0 Å². The molecule has 27 heavy (non-hydrogen) atoms. The van der Waals surface area contributed by atoms with Gasteiger partial charge in [-0.1, -0.05) is 0 Å². The highest BCUT2D eigenvalue weighted by molar-refractivity contribution is 6.01. The second-order valence-corrected chi connectivity index (χ2v) is 6.80. The highest BCUT2D eigenvalue weighted by Gasteiger charge is 2.39. The molecule has 0 radical (unpaired) electrons. The zero-order valence-electron chi connectivity index (χ0n) is 14.8. The Balaban J connectivity index is 1.65. The third-order valence-corrected chi connectivity index (χ3v) is 4.95. The van der Waals surface area contributed by atoms with Crippen LogP contribution in [0.2, 0.25) is 0 Å². The number of halogens is 2. The first-order valence-electron chi connectivity index (χ1n) is 8.93. The van der Waals surface area contributed by atoms with E-state index in [0.29, 0.717) is 51.1 Å². The maximum Gasteiger partial charge on any atom is 0.387 e. The average Bonchev–Trinajstić information content (AvgIpc) is 2.64. The summed E-state index contributed by atoms with van der Waals surface area (Å²) in [5.41, 5.74) is 5.72. The molecule has 9 heteroatoms. The molecule has 0 saturated carbocycles. The monoisotopic (exact) mass is 383 g/mol. The molecule has 148 valence electrons. The maximum atomic E-state index is 12.8. The van der Waals surface area contributed by atoms with Gasteiger partial charge in [-0.05, 0) is 49.9 Å². The fourth-order valence-electron chi connectivity index (χ4n) is 3.34. The van der Waals surface area contributed by atoms with Crippen LogP contribution in [0, 0.1) is 0 Å². The van der Waals surface area contributed by atoms with Crippen molar-refractivity contribution in [1.29, 1.82) is 0 Å². The molecular formula is C18H23F2N3O4. The Hall–Kier alpha value is -2.26. The van der Waals surface area contributed by atoms with Gasteiger partial charge in [-0.2, -0.15) is 8.78 Å². The Bertz CT molecular complexity index is 678. The number of hydrogen-bond acceptors (Lipinski definition) is 5. The van der Waals surface area contributed by atoms with E-state index in [1.807, 2.05) is 0 Å². The number of benzene rings is 1. The van der Waals surface area contributed by atoms with Crippen molar-refractivity contribution in [3.05, 3.63) is 24.3 Å². The molecule has 1 aromatic rings. The van der Waals surface area contributed by atoms with Crippen molar-refractivity contribution in [3.63, 3.8) is 0 Å². The maximum absolute atomic E-state index is 12.8. The Morgan fingerprint density at radius 2 is 1.96 bits per heavy atom. The van der Waals surface area contributed by atoms with Crippen LogP contribution in [0.4, 0.5) is 14.5 Å². The van der Waals surface area contributed by atoms with E-state index < -0.39 is 18.2 Å². The first-order valence-corrected chi connectivity index (χ1v) is 8.93. The van der Waals surface area contributed by atoms with E-state index in [9.17, 15) is 18.4 Å². The summed E-state index contributed by atoms with van der Waals surface area (Å²) in [6, 6.07) is 5.19. The number of nitrogens with zero attached hydrogens (tertiary/aromatic N) is 1. The third-order valence-electron chi connectivity index (χ3n) is 4.95. The summed E-state index contributed by atoms with van der Waals surface area (Å²) < 4.78 is 34.1. The highest BCUT2D eigenvalue weighted by atomic mass is 19.3. The van der Waals surface area contributed by atoms with E-state index in [1.54, 1.807) is 12.1 Å². The van der Waals surface area contributed by atoms with Crippen LogP contribution in [0.5, 0.6) is 5.75 Å². The summed E-state index contributed by atoms with van der Waals surface area (Å²) >= 11 is 0. The van der Waals surface area contributed by atoms with E-state index >= 15 is 0 Å². The zero-order chi connectivity index (χ0) is 19.4. The minimum Gasteiger partial charge on any atom is -0.435 e. The van der Waals surface area contributed by atoms with Crippen molar-refractivity contribution in [1.82, 2.24) is 5.32 Å².